The monoisotopic (exact) mass is 270 g/mol. The first kappa shape index (κ1) is 11.9. The summed E-state index contributed by atoms with van der Waals surface area (Å²) in [4.78, 5) is 16.1. The summed E-state index contributed by atoms with van der Waals surface area (Å²) in [5.41, 5.74) is 2.52. The van der Waals surface area contributed by atoms with E-state index in [0.717, 1.165) is 16.6 Å². The molecule has 19 heavy (non-hydrogen) atoms. The normalized spacial score (nSPS) is 10.8. The van der Waals surface area contributed by atoms with Crippen LogP contribution in [-0.2, 0) is 6.54 Å². The number of nitrogens with zero attached hydrogens (tertiary/aromatic N) is 2. The highest BCUT2D eigenvalue weighted by Gasteiger charge is 2.04. The highest BCUT2D eigenvalue weighted by atomic mass is 35.5. The van der Waals surface area contributed by atoms with Gasteiger partial charge in [-0.25, -0.2) is 4.98 Å². The van der Waals surface area contributed by atoms with E-state index >= 15 is 0 Å². The minimum atomic E-state index is -0.112. The minimum absolute atomic E-state index is 0.112. The largest absolute Gasteiger partial charge is 0.301 e. The fraction of sp³-hybridized carbons (Fsp3) is 0.0667. The molecule has 0 bridgehead atoms. The first-order valence-corrected chi connectivity index (χ1v) is 6.31. The number of rotatable bonds is 2. The van der Waals surface area contributed by atoms with Crippen molar-refractivity contribution >= 4 is 22.6 Å². The Morgan fingerprint density at radius 3 is 2.79 bits per heavy atom. The van der Waals surface area contributed by atoms with Crippen LogP contribution in [0.25, 0.3) is 11.0 Å². The fourth-order valence-corrected chi connectivity index (χ4v) is 2.31. The zero-order valence-corrected chi connectivity index (χ0v) is 10.8. The van der Waals surface area contributed by atoms with Crippen molar-refractivity contribution < 1.29 is 0 Å². The van der Waals surface area contributed by atoms with Crippen LogP contribution >= 0.6 is 11.6 Å². The smallest absolute Gasteiger partial charge is 0.269 e. The molecule has 0 N–H and O–H groups in total. The summed E-state index contributed by atoms with van der Waals surface area (Å²) in [6.45, 7) is 0.489. The van der Waals surface area contributed by atoms with Gasteiger partial charge in [0.25, 0.3) is 5.56 Å². The Bertz CT molecular complexity index is 795. The molecule has 0 aliphatic carbocycles. The van der Waals surface area contributed by atoms with Crippen molar-refractivity contribution in [3.8, 4) is 0 Å². The topological polar surface area (TPSA) is 34.9 Å². The van der Waals surface area contributed by atoms with Crippen LogP contribution in [0.15, 0.2) is 59.5 Å². The van der Waals surface area contributed by atoms with Gasteiger partial charge in [-0.2, -0.15) is 0 Å². The number of halogens is 1. The zero-order valence-electron chi connectivity index (χ0n) is 10.1. The van der Waals surface area contributed by atoms with E-state index in [1.54, 1.807) is 4.57 Å². The highest BCUT2D eigenvalue weighted by molar-refractivity contribution is 6.30. The summed E-state index contributed by atoms with van der Waals surface area (Å²) in [5.74, 6) is 0. The molecule has 0 unspecified atom stereocenters. The average Bonchev–Trinajstić information content (AvgIpc) is 2.42. The quantitative estimate of drug-likeness (QED) is 0.717. The van der Waals surface area contributed by atoms with Crippen molar-refractivity contribution in [2.24, 2.45) is 0 Å². The van der Waals surface area contributed by atoms with Gasteiger partial charge in [0.05, 0.1) is 23.8 Å². The van der Waals surface area contributed by atoms with Crippen molar-refractivity contribution in [1.29, 1.82) is 0 Å². The van der Waals surface area contributed by atoms with Crippen LogP contribution in [-0.4, -0.2) is 9.55 Å². The Labute approximate surface area is 115 Å². The van der Waals surface area contributed by atoms with Crippen molar-refractivity contribution in [2.75, 3.05) is 0 Å². The van der Waals surface area contributed by atoms with E-state index < -0.39 is 0 Å². The standard InChI is InChI=1S/C15H11ClN2O/c16-12-5-3-4-11(8-12)10-18-14-7-2-1-6-13(14)17-9-15(18)19/h1-9H,10H2. The van der Waals surface area contributed by atoms with Crippen molar-refractivity contribution in [3.05, 3.63) is 75.7 Å². The molecule has 1 aromatic heterocycles. The first-order chi connectivity index (χ1) is 9.24. The molecule has 0 saturated carbocycles. The number of hydrogen-bond acceptors (Lipinski definition) is 2. The molecule has 3 rings (SSSR count). The van der Waals surface area contributed by atoms with E-state index in [-0.39, 0.29) is 5.56 Å². The van der Waals surface area contributed by atoms with Crippen LogP contribution in [0.2, 0.25) is 5.02 Å². The number of para-hydroxylation sites is 2. The molecule has 0 amide bonds. The molecule has 0 saturated heterocycles. The molecule has 0 aliphatic rings. The number of hydrogen-bond donors (Lipinski definition) is 0. The van der Waals surface area contributed by atoms with Crippen LogP contribution in [0.4, 0.5) is 0 Å². The maximum absolute atomic E-state index is 12.0. The zero-order chi connectivity index (χ0) is 13.2. The third-order valence-electron chi connectivity index (χ3n) is 2.98. The number of benzene rings is 2. The molecule has 1 heterocycles. The van der Waals surface area contributed by atoms with Gasteiger partial charge in [-0.1, -0.05) is 35.9 Å². The lowest BCUT2D eigenvalue weighted by Gasteiger charge is -2.09. The van der Waals surface area contributed by atoms with Gasteiger partial charge in [-0.05, 0) is 29.8 Å². The molecule has 0 aliphatic heterocycles. The summed E-state index contributed by atoms with van der Waals surface area (Å²) in [6, 6.07) is 15.1. The van der Waals surface area contributed by atoms with Gasteiger partial charge in [0.1, 0.15) is 0 Å². The molecule has 0 atom stereocenters. The second kappa shape index (κ2) is 4.86. The molecule has 3 aromatic rings. The summed E-state index contributed by atoms with van der Waals surface area (Å²) in [7, 11) is 0. The second-order valence-electron chi connectivity index (χ2n) is 4.30. The summed E-state index contributed by atoms with van der Waals surface area (Å²) >= 11 is 5.97. The Balaban J connectivity index is 2.14. The predicted molar refractivity (Wildman–Crippen MR) is 76.6 cm³/mol. The van der Waals surface area contributed by atoms with Crippen LogP contribution < -0.4 is 5.56 Å². The van der Waals surface area contributed by atoms with Crippen molar-refractivity contribution in [1.82, 2.24) is 9.55 Å². The van der Waals surface area contributed by atoms with E-state index in [2.05, 4.69) is 4.98 Å². The third-order valence-corrected chi connectivity index (χ3v) is 3.22. The lowest BCUT2D eigenvalue weighted by molar-refractivity contribution is 0.787. The lowest BCUT2D eigenvalue weighted by Crippen LogP contribution is -2.21. The Hall–Kier alpha value is -2.13. The first-order valence-electron chi connectivity index (χ1n) is 5.93. The van der Waals surface area contributed by atoms with Crippen LogP contribution in [0, 0.1) is 0 Å². The maximum atomic E-state index is 12.0. The summed E-state index contributed by atoms with van der Waals surface area (Å²) in [6.07, 6.45) is 1.35. The molecule has 0 fully saturated rings. The van der Waals surface area contributed by atoms with E-state index in [1.807, 2.05) is 48.5 Å². The molecule has 4 heteroatoms. The van der Waals surface area contributed by atoms with Gasteiger partial charge in [-0.3, -0.25) is 4.79 Å². The number of fused-ring (bicyclic) bond motifs is 1. The van der Waals surface area contributed by atoms with E-state index in [4.69, 9.17) is 11.6 Å². The number of aromatic nitrogens is 2. The maximum Gasteiger partial charge on any atom is 0.269 e. The SMILES string of the molecule is O=c1cnc2ccccc2n1Cc1cccc(Cl)c1. The van der Waals surface area contributed by atoms with Crippen molar-refractivity contribution in [3.63, 3.8) is 0 Å². The van der Waals surface area contributed by atoms with Gasteiger partial charge >= 0.3 is 0 Å². The Morgan fingerprint density at radius 2 is 1.95 bits per heavy atom. The van der Waals surface area contributed by atoms with Gasteiger partial charge in [0.15, 0.2) is 0 Å². The van der Waals surface area contributed by atoms with Crippen LogP contribution in [0.3, 0.4) is 0 Å². The van der Waals surface area contributed by atoms with E-state index in [1.165, 1.54) is 6.20 Å². The Kier molecular flexibility index (Phi) is 3.05. The Morgan fingerprint density at radius 1 is 1.11 bits per heavy atom. The van der Waals surface area contributed by atoms with Gasteiger partial charge in [0, 0.05) is 5.02 Å². The molecule has 3 nitrogen and oxygen atoms in total. The second-order valence-corrected chi connectivity index (χ2v) is 4.74. The van der Waals surface area contributed by atoms with E-state index in [0.29, 0.717) is 11.6 Å². The summed E-state index contributed by atoms with van der Waals surface area (Å²) in [5, 5.41) is 0.670. The molecule has 0 spiro atoms. The van der Waals surface area contributed by atoms with E-state index in [9.17, 15) is 4.79 Å². The van der Waals surface area contributed by atoms with Crippen LogP contribution in [0.5, 0.6) is 0 Å². The van der Waals surface area contributed by atoms with Gasteiger partial charge < -0.3 is 4.57 Å². The highest BCUT2D eigenvalue weighted by Crippen LogP contribution is 2.14. The molecule has 2 aromatic carbocycles. The van der Waals surface area contributed by atoms with Crippen molar-refractivity contribution in [2.45, 2.75) is 6.54 Å². The minimum Gasteiger partial charge on any atom is -0.301 e. The predicted octanol–water partition coefficient (Wildman–Crippen LogP) is 3.10. The lowest BCUT2D eigenvalue weighted by atomic mass is 10.2. The van der Waals surface area contributed by atoms with Gasteiger partial charge in [0.2, 0.25) is 0 Å². The molecule has 0 radical (unpaired) electrons. The third kappa shape index (κ3) is 2.37. The fourth-order valence-electron chi connectivity index (χ4n) is 2.10. The van der Waals surface area contributed by atoms with Crippen LogP contribution in [0.1, 0.15) is 5.56 Å². The molecule has 94 valence electrons. The van der Waals surface area contributed by atoms with Gasteiger partial charge in [-0.15, -0.1) is 0 Å². The average molecular weight is 271 g/mol. The summed E-state index contributed by atoms with van der Waals surface area (Å²) < 4.78 is 1.70. The molecular formula is C15H11ClN2O. The molecular weight excluding hydrogens is 260 g/mol.